The second-order valence-corrected chi connectivity index (χ2v) is 9.87. The molecule has 3 heterocycles. The summed E-state index contributed by atoms with van der Waals surface area (Å²) >= 11 is 0. The molecule has 3 aromatic rings. The highest BCUT2D eigenvalue weighted by Crippen LogP contribution is 2.20. The summed E-state index contributed by atoms with van der Waals surface area (Å²) < 4.78 is 10.8. The SMILES string of the molecule is CC(=O)O.C[C@H]1NC(=O)[C@H]([C@@H](C)O)NC(=O)c2coc(n2)C(Cc2ccccc2)NC(=O)c2cc(on2)CNCCNC1=O. The van der Waals surface area contributed by atoms with Crippen molar-refractivity contribution in [3.8, 4) is 0 Å². The molecule has 2 aromatic heterocycles. The molecule has 0 aliphatic carbocycles. The van der Waals surface area contributed by atoms with Crippen molar-refractivity contribution >= 4 is 29.6 Å². The van der Waals surface area contributed by atoms with E-state index in [-0.39, 0.29) is 36.8 Å². The second-order valence-electron chi connectivity index (χ2n) is 9.87. The predicted octanol–water partition coefficient (Wildman–Crippen LogP) is -0.329. The fourth-order valence-corrected chi connectivity index (χ4v) is 3.97. The summed E-state index contributed by atoms with van der Waals surface area (Å²) in [5, 5.41) is 34.9. The molecule has 4 amide bonds. The lowest BCUT2D eigenvalue weighted by Gasteiger charge is -2.22. The van der Waals surface area contributed by atoms with Crippen molar-refractivity contribution in [2.75, 3.05) is 13.1 Å². The fraction of sp³-hybridized carbons (Fsp3) is 0.393. The number of aliphatic hydroxyl groups excluding tert-OH is 1. The van der Waals surface area contributed by atoms with Gasteiger partial charge in [0.05, 0.1) is 12.6 Å². The maximum atomic E-state index is 13.0. The minimum Gasteiger partial charge on any atom is -0.481 e. The van der Waals surface area contributed by atoms with Crippen LogP contribution in [-0.4, -0.2) is 81.2 Å². The van der Waals surface area contributed by atoms with Crippen LogP contribution in [0.1, 0.15) is 65.0 Å². The van der Waals surface area contributed by atoms with Crippen molar-refractivity contribution in [3.05, 3.63) is 71.3 Å². The molecule has 7 N–H and O–H groups in total. The van der Waals surface area contributed by atoms with E-state index in [0.717, 1.165) is 18.8 Å². The van der Waals surface area contributed by atoms with Gasteiger partial charge < -0.3 is 45.7 Å². The van der Waals surface area contributed by atoms with E-state index in [1.807, 2.05) is 30.3 Å². The molecule has 0 fully saturated rings. The van der Waals surface area contributed by atoms with E-state index >= 15 is 0 Å². The normalized spacial score (nSPS) is 20.8. The average molecular weight is 614 g/mol. The van der Waals surface area contributed by atoms with Crippen LogP contribution in [0.25, 0.3) is 0 Å². The zero-order valence-electron chi connectivity index (χ0n) is 24.3. The number of aliphatic carboxylic acids is 1. The molecular formula is C28H35N7O9. The van der Waals surface area contributed by atoms with E-state index in [9.17, 15) is 24.3 Å². The zero-order chi connectivity index (χ0) is 32.2. The van der Waals surface area contributed by atoms with Crippen molar-refractivity contribution in [2.24, 2.45) is 0 Å². The number of hydrogen-bond donors (Lipinski definition) is 7. The third-order valence-electron chi connectivity index (χ3n) is 6.14. The molecule has 16 nitrogen and oxygen atoms in total. The van der Waals surface area contributed by atoms with Gasteiger partial charge in [-0.25, -0.2) is 4.98 Å². The zero-order valence-corrected chi connectivity index (χ0v) is 24.3. The Balaban J connectivity index is 0.00000124. The number of carboxylic acids is 1. The van der Waals surface area contributed by atoms with Crippen molar-refractivity contribution in [1.82, 2.24) is 36.7 Å². The van der Waals surface area contributed by atoms with Crippen LogP contribution in [0.4, 0.5) is 0 Å². The Morgan fingerprint density at radius 3 is 2.39 bits per heavy atom. The minimum absolute atomic E-state index is 0.0387. The molecular weight excluding hydrogens is 578 g/mol. The maximum absolute atomic E-state index is 13.0. The van der Waals surface area contributed by atoms with Crippen molar-refractivity contribution in [1.29, 1.82) is 0 Å². The molecule has 1 aliphatic heterocycles. The molecule has 0 saturated heterocycles. The largest absolute Gasteiger partial charge is 0.481 e. The van der Waals surface area contributed by atoms with E-state index in [1.165, 1.54) is 19.9 Å². The molecule has 44 heavy (non-hydrogen) atoms. The van der Waals surface area contributed by atoms with E-state index in [4.69, 9.17) is 18.8 Å². The van der Waals surface area contributed by atoms with E-state index in [2.05, 4.69) is 36.7 Å². The first-order valence-electron chi connectivity index (χ1n) is 13.7. The minimum atomic E-state index is -1.38. The fourth-order valence-electron chi connectivity index (χ4n) is 3.97. The Labute approximate surface area is 252 Å². The second kappa shape index (κ2) is 15.9. The van der Waals surface area contributed by atoms with Gasteiger partial charge in [-0.3, -0.25) is 24.0 Å². The number of carboxylic acid groups (broad SMARTS) is 1. The number of carbonyl (C=O) groups is 5. The third kappa shape index (κ3) is 10.0. The molecule has 0 saturated carbocycles. The molecule has 1 aliphatic rings. The number of nitrogens with one attached hydrogen (secondary N) is 5. The Morgan fingerprint density at radius 2 is 1.70 bits per heavy atom. The van der Waals surface area contributed by atoms with Crippen LogP contribution in [0.3, 0.4) is 0 Å². The lowest BCUT2D eigenvalue weighted by molar-refractivity contribution is -0.134. The maximum Gasteiger partial charge on any atom is 0.300 e. The number of benzene rings is 1. The van der Waals surface area contributed by atoms with Gasteiger partial charge in [0.2, 0.25) is 17.7 Å². The number of aromatic nitrogens is 2. The first-order chi connectivity index (χ1) is 20.9. The third-order valence-corrected chi connectivity index (χ3v) is 6.14. The number of aliphatic hydroxyl groups is 1. The van der Waals surface area contributed by atoms with Gasteiger partial charge in [0.25, 0.3) is 17.8 Å². The molecule has 16 heteroatoms. The van der Waals surface area contributed by atoms with Crippen molar-refractivity contribution < 1.29 is 43.1 Å². The molecule has 0 spiro atoms. The number of oxazole rings is 1. The van der Waals surface area contributed by atoms with Crippen molar-refractivity contribution in [3.63, 3.8) is 0 Å². The quantitative estimate of drug-likeness (QED) is 0.201. The van der Waals surface area contributed by atoms with Gasteiger partial charge in [-0.05, 0) is 19.4 Å². The molecule has 236 valence electrons. The summed E-state index contributed by atoms with van der Waals surface area (Å²) in [5.41, 5.74) is 0.736. The van der Waals surface area contributed by atoms with Gasteiger partial charge >= 0.3 is 0 Å². The van der Waals surface area contributed by atoms with Crippen LogP contribution in [0.5, 0.6) is 0 Å². The molecule has 4 bridgehead atoms. The summed E-state index contributed by atoms with van der Waals surface area (Å²) in [7, 11) is 0. The average Bonchev–Trinajstić information content (AvgIpc) is 3.65. The smallest absolute Gasteiger partial charge is 0.300 e. The van der Waals surface area contributed by atoms with Crippen LogP contribution < -0.4 is 26.6 Å². The van der Waals surface area contributed by atoms with Crippen molar-refractivity contribution in [2.45, 2.75) is 58.0 Å². The van der Waals surface area contributed by atoms with Gasteiger partial charge in [-0.1, -0.05) is 35.5 Å². The number of carbonyl (C=O) groups excluding carboxylic acids is 4. The highest BCUT2D eigenvalue weighted by atomic mass is 16.5. The van der Waals surface area contributed by atoms with Crippen LogP contribution in [0.2, 0.25) is 0 Å². The molecule has 1 aromatic carbocycles. The van der Waals surface area contributed by atoms with E-state index in [0.29, 0.717) is 12.3 Å². The highest BCUT2D eigenvalue weighted by molar-refractivity contribution is 5.97. The Kier molecular flexibility index (Phi) is 12.1. The molecule has 0 radical (unpaired) electrons. The summed E-state index contributed by atoms with van der Waals surface area (Å²) in [5.74, 6) is -2.94. The predicted molar refractivity (Wildman–Crippen MR) is 152 cm³/mol. The Bertz CT molecular complexity index is 1430. The van der Waals surface area contributed by atoms with Gasteiger partial charge in [0.15, 0.2) is 17.1 Å². The summed E-state index contributed by atoms with van der Waals surface area (Å²) in [6.07, 6.45) is 0.0971. The lowest BCUT2D eigenvalue weighted by Crippen LogP contribution is -2.56. The monoisotopic (exact) mass is 613 g/mol. The van der Waals surface area contributed by atoms with Gasteiger partial charge in [-0.15, -0.1) is 0 Å². The van der Waals surface area contributed by atoms with E-state index in [1.54, 1.807) is 0 Å². The standard InChI is InChI=1S/C26H31N7O7.C2H4O2/c1-14-22(35)28-9-8-27-12-17-11-18(33-40-17)23(36)30-19(10-16-6-4-3-5-7-16)26-31-20(13-39-26)24(37)32-21(15(2)34)25(38)29-14;1-2(3)4/h3-7,11,13-15,19,21,27,34H,8-10,12H2,1-2H3,(H,28,35)(H,29,38)(H,30,36)(H,32,37);1H3,(H,3,4)/t14-,15-,19?,21+;/m1./s1. The topological polar surface area (TPSA) is 238 Å². The lowest BCUT2D eigenvalue weighted by atomic mass is 10.1. The number of amides is 4. The number of nitrogens with zero attached hydrogens (tertiary/aromatic N) is 2. The molecule has 1 unspecified atom stereocenters. The van der Waals surface area contributed by atoms with Crippen LogP contribution in [0.15, 0.2) is 51.6 Å². The first kappa shape index (κ1) is 33.4. The summed E-state index contributed by atoms with van der Waals surface area (Å²) in [6.45, 7) is 4.76. The Hall–Kier alpha value is -5.09. The highest BCUT2D eigenvalue weighted by Gasteiger charge is 2.30. The van der Waals surface area contributed by atoms with E-state index < -0.39 is 53.8 Å². The van der Waals surface area contributed by atoms with Gasteiger partial charge in [-0.2, -0.15) is 0 Å². The summed E-state index contributed by atoms with van der Waals surface area (Å²) in [4.78, 5) is 64.4. The first-order valence-corrected chi connectivity index (χ1v) is 13.7. The molecule has 4 rings (SSSR count). The van der Waals surface area contributed by atoms with Gasteiger partial charge in [0.1, 0.15) is 24.4 Å². The Morgan fingerprint density at radius 1 is 1.02 bits per heavy atom. The summed E-state index contributed by atoms with van der Waals surface area (Å²) in [6, 6.07) is 7.69. The number of hydrogen-bond acceptors (Lipinski definition) is 11. The van der Waals surface area contributed by atoms with Crippen LogP contribution >= 0.6 is 0 Å². The van der Waals surface area contributed by atoms with Gasteiger partial charge in [0, 0.05) is 32.5 Å². The number of fused-ring (bicyclic) bond motifs is 4. The molecule has 4 atom stereocenters. The van der Waals surface area contributed by atoms with Crippen LogP contribution in [-0.2, 0) is 27.3 Å². The number of rotatable bonds is 3. The van der Waals surface area contributed by atoms with Crippen LogP contribution in [0, 0.1) is 0 Å².